The van der Waals surface area contributed by atoms with Gasteiger partial charge in [-0.1, -0.05) is 39.8 Å². The first-order valence-corrected chi connectivity index (χ1v) is 15.9. The van der Waals surface area contributed by atoms with Crippen molar-refractivity contribution >= 4 is 8.32 Å². The number of ether oxygens (including phenoxy) is 5. The SMILES string of the molecule is COc1ccc(COC[C@@H](C)C[C@@H](CO[Si](C)(C)C(C)(C)C)c2cc(OC)c(OC)c(C)c2OC)cc1. The first-order chi connectivity index (χ1) is 17.4. The van der Waals surface area contributed by atoms with Crippen molar-refractivity contribution in [3.05, 3.63) is 47.0 Å². The van der Waals surface area contributed by atoms with Gasteiger partial charge in [0.25, 0.3) is 0 Å². The molecule has 0 fully saturated rings. The topological polar surface area (TPSA) is 55.4 Å². The third-order valence-electron chi connectivity index (χ3n) is 7.49. The van der Waals surface area contributed by atoms with Gasteiger partial charge in [-0.05, 0) is 61.2 Å². The molecular weight excluding hydrogens is 484 g/mol. The van der Waals surface area contributed by atoms with Crippen molar-refractivity contribution in [3.63, 3.8) is 0 Å². The van der Waals surface area contributed by atoms with Crippen molar-refractivity contribution < 1.29 is 28.1 Å². The van der Waals surface area contributed by atoms with E-state index in [1.807, 2.05) is 31.2 Å². The van der Waals surface area contributed by atoms with Crippen LogP contribution in [0, 0.1) is 12.8 Å². The molecule has 0 saturated carbocycles. The predicted molar refractivity (Wildman–Crippen MR) is 153 cm³/mol. The van der Waals surface area contributed by atoms with Crippen LogP contribution in [0.15, 0.2) is 30.3 Å². The normalized spacial score (nSPS) is 13.7. The molecule has 208 valence electrons. The van der Waals surface area contributed by atoms with Crippen LogP contribution in [0.5, 0.6) is 23.0 Å². The van der Waals surface area contributed by atoms with Crippen molar-refractivity contribution in [1.82, 2.24) is 0 Å². The fraction of sp³-hybridized carbons (Fsp3) is 0.600. The summed E-state index contributed by atoms with van der Waals surface area (Å²) >= 11 is 0. The van der Waals surface area contributed by atoms with Crippen LogP contribution in [0.1, 0.15) is 56.7 Å². The van der Waals surface area contributed by atoms with Gasteiger partial charge in [0.15, 0.2) is 19.8 Å². The number of rotatable bonds is 14. The van der Waals surface area contributed by atoms with E-state index >= 15 is 0 Å². The van der Waals surface area contributed by atoms with Gasteiger partial charge in [0, 0.05) is 30.3 Å². The standard InChI is InChI=1S/C30H48O6Si/c1-21(18-35-19-23-12-14-25(31-6)15-13-23)16-24(20-36-37(10,11)30(3,4)5)26-17-27(32-7)29(34-9)22(2)28(26)33-8/h12-15,17,21,24H,16,18-20H2,1-11H3/t21-,24-/m0/s1. The molecule has 0 aliphatic heterocycles. The fourth-order valence-electron chi connectivity index (χ4n) is 4.22. The number of hydrogen-bond donors (Lipinski definition) is 0. The summed E-state index contributed by atoms with van der Waals surface area (Å²) in [5.41, 5.74) is 3.14. The highest BCUT2D eigenvalue weighted by molar-refractivity contribution is 6.74. The van der Waals surface area contributed by atoms with Crippen LogP contribution in [0.3, 0.4) is 0 Å². The number of hydrogen-bond acceptors (Lipinski definition) is 6. The third kappa shape index (κ3) is 8.13. The Hall–Kier alpha value is -2.22. The Bertz CT molecular complexity index is 981. The summed E-state index contributed by atoms with van der Waals surface area (Å²) in [5, 5.41) is 0.127. The van der Waals surface area contributed by atoms with Gasteiger partial charge in [-0.15, -0.1) is 0 Å². The summed E-state index contributed by atoms with van der Waals surface area (Å²) in [7, 11) is 4.77. The Morgan fingerprint density at radius 2 is 1.46 bits per heavy atom. The molecule has 2 aromatic rings. The van der Waals surface area contributed by atoms with Crippen molar-refractivity contribution in [3.8, 4) is 23.0 Å². The van der Waals surface area contributed by atoms with Crippen LogP contribution in [0.25, 0.3) is 0 Å². The molecule has 2 rings (SSSR count). The average molecular weight is 533 g/mol. The van der Waals surface area contributed by atoms with Crippen molar-refractivity contribution in [2.45, 2.75) is 71.7 Å². The van der Waals surface area contributed by atoms with E-state index in [0.717, 1.165) is 34.6 Å². The largest absolute Gasteiger partial charge is 0.497 e. The van der Waals surface area contributed by atoms with Crippen LogP contribution < -0.4 is 18.9 Å². The number of benzene rings is 2. The molecule has 7 heteroatoms. The lowest BCUT2D eigenvalue weighted by molar-refractivity contribution is 0.0843. The van der Waals surface area contributed by atoms with E-state index in [1.165, 1.54) is 0 Å². The summed E-state index contributed by atoms with van der Waals surface area (Å²) in [6.07, 6.45) is 0.891. The highest BCUT2D eigenvalue weighted by Crippen LogP contribution is 2.45. The van der Waals surface area contributed by atoms with E-state index in [4.69, 9.17) is 28.1 Å². The Labute approximate surface area is 225 Å². The van der Waals surface area contributed by atoms with E-state index in [-0.39, 0.29) is 11.0 Å². The maximum atomic E-state index is 6.74. The lowest BCUT2D eigenvalue weighted by atomic mass is 9.88. The van der Waals surface area contributed by atoms with Gasteiger partial charge in [-0.3, -0.25) is 0 Å². The molecule has 0 aliphatic rings. The molecule has 0 saturated heterocycles. The lowest BCUT2D eigenvalue weighted by Crippen LogP contribution is -2.41. The zero-order valence-electron chi connectivity index (χ0n) is 24.8. The van der Waals surface area contributed by atoms with Gasteiger partial charge in [0.05, 0.1) is 35.0 Å². The van der Waals surface area contributed by atoms with Crippen LogP contribution >= 0.6 is 0 Å². The molecule has 2 aromatic carbocycles. The smallest absolute Gasteiger partial charge is 0.192 e. The van der Waals surface area contributed by atoms with E-state index in [9.17, 15) is 0 Å². The zero-order chi connectivity index (χ0) is 27.8. The molecule has 0 aromatic heterocycles. The molecule has 2 atom stereocenters. The molecule has 0 radical (unpaired) electrons. The minimum Gasteiger partial charge on any atom is -0.497 e. The average Bonchev–Trinajstić information content (AvgIpc) is 2.85. The quantitative estimate of drug-likeness (QED) is 0.237. The minimum atomic E-state index is -1.95. The highest BCUT2D eigenvalue weighted by Gasteiger charge is 2.38. The Kier molecular flexibility index (Phi) is 11.3. The number of methoxy groups -OCH3 is 4. The molecule has 0 spiro atoms. The van der Waals surface area contributed by atoms with Crippen LogP contribution in [0.2, 0.25) is 18.1 Å². The van der Waals surface area contributed by atoms with Crippen LogP contribution in [-0.4, -0.2) is 50.0 Å². The van der Waals surface area contributed by atoms with Crippen LogP contribution in [-0.2, 0) is 15.8 Å². The molecule has 0 unspecified atom stereocenters. The van der Waals surface area contributed by atoms with Gasteiger partial charge >= 0.3 is 0 Å². The highest BCUT2D eigenvalue weighted by atomic mass is 28.4. The second-order valence-corrected chi connectivity index (χ2v) is 16.1. The lowest BCUT2D eigenvalue weighted by Gasteiger charge is -2.38. The predicted octanol–water partition coefficient (Wildman–Crippen LogP) is 7.38. The van der Waals surface area contributed by atoms with Gasteiger partial charge in [-0.25, -0.2) is 0 Å². The van der Waals surface area contributed by atoms with Crippen molar-refractivity contribution in [2.24, 2.45) is 5.92 Å². The van der Waals surface area contributed by atoms with Gasteiger partial charge in [-0.2, -0.15) is 0 Å². The maximum absolute atomic E-state index is 6.74. The van der Waals surface area contributed by atoms with E-state index < -0.39 is 8.32 Å². The van der Waals surface area contributed by atoms with E-state index in [0.29, 0.717) is 37.2 Å². The maximum Gasteiger partial charge on any atom is 0.192 e. The first-order valence-electron chi connectivity index (χ1n) is 13.0. The molecule has 6 nitrogen and oxygen atoms in total. The Morgan fingerprint density at radius 3 is 1.97 bits per heavy atom. The molecule has 0 amide bonds. The summed E-state index contributed by atoms with van der Waals surface area (Å²) in [4.78, 5) is 0. The monoisotopic (exact) mass is 532 g/mol. The molecule has 0 heterocycles. The van der Waals surface area contributed by atoms with Crippen molar-refractivity contribution in [2.75, 3.05) is 41.7 Å². The second kappa shape index (κ2) is 13.5. The minimum absolute atomic E-state index is 0.113. The Morgan fingerprint density at radius 1 is 0.838 bits per heavy atom. The first kappa shape index (κ1) is 31.0. The van der Waals surface area contributed by atoms with Gasteiger partial charge in [0.1, 0.15) is 11.5 Å². The molecular formula is C30H48O6Si. The summed E-state index contributed by atoms with van der Waals surface area (Å²) in [6, 6.07) is 10.0. The van der Waals surface area contributed by atoms with Gasteiger partial charge in [0.2, 0.25) is 0 Å². The van der Waals surface area contributed by atoms with Crippen LogP contribution in [0.4, 0.5) is 0 Å². The summed E-state index contributed by atoms with van der Waals surface area (Å²) < 4.78 is 35.3. The Balaban J connectivity index is 2.27. The molecule has 0 N–H and O–H groups in total. The molecule has 0 aliphatic carbocycles. The summed E-state index contributed by atoms with van der Waals surface area (Å²) in [5.74, 6) is 3.50. The second-order valence-electron chi connectivity index (χ2n) is 11.3. The molecule has 0 bridgehead atoms. The zero-order valence-corrected chi connectivity index (χ0v) is 25.8. The van der Waals surface area contributed by atoms with Gasteiger partial charge < -0.3 is 28.1 Å². The summed E-state index contributed by atoms with van der Waals surface area (Å²) in [6.45, 7) is 17.5. The van der Waals surface area contributed by atoms with E-state index in [1.54, 1.807) is 28.4 Å². The fourth-order valence-corrected chi connectivity index (χ4v) is 5.27. The van der Waals surface area contributed by atoms with E-state index in [2.05, 4.69) is 46.9 Å². The molecule has 37 heavy (non-hydrogen) atoms. The van der Waals surface area contributed by atoms with Crippen molar-refractivity contribution in [1.29, 1.82) is 0 Å². The third-order valence-corrected chi connectivity index (χ3v) is 12.0.